The molecule has 0 saturated heterocycles. The quantitative estimate of drug-likeness (QED) is 0.509. The number of hydrogen-bond donors (Lipinski definition) is 4. The average Bonchev–Trinajstić information content (AvgIpc) is 2.76. The molecule has 1 aromatic rings. The summed E-state index contributed by atoms with van der Waals surface area (Å²) in [6.07, 6.45) is 8.31. The maximum absolute atomic E-state index is 12.3. The van der Waals surface area contributed by atoms with Gasteiger partial charge in [0.05, 0.1) is 32.3 Å². The number of aliphatic hydroxyl groups is 1. The zero-order valence-electron chi connectivity index (χ0n) is 17.3. The van der Waals surface area contributed by atoms with Crippen LogP contribution < -0.4 is 20.7 Å². The number of carbonyl (C=O) groups excluding carboxylic acids is 2. The van der Waals surface area contributed by atoms with Gasteiger partial charge in [0.2, 0.25) is 5.91 Å². The number of benzene rings is 1. The summed E-state index contributed by atoms with van der Waals surface area (Å²) in [5.41, 5.74) is 0.617. The molecule has 1 aromatic carbocycles. The summed E-state index contributed by atoms with van der Waals surface area (Å²) in [6.45, 7) is -0.265. The minimum atomic E-state index is -0.621. The molecule has 0 unspecified atom stereocenters. The Labute approximate surface area is 177 Å². The van der Waals surface area contributed by atoms with E-state index in [1.807, 2.05) is 0 Å². The third kappa shape index (κ3) is 6.47. The molecule has 1 fully saturated rings. The fraction of sp³-hybridized carbons (Fsp3) is 0.545. The van der Waals surface area contributed by atoms with Gasteiger partial charge in [0, 0.05) is 11.7 Å². The van der Waals surface area contributed by atoms with E-state index >= 15 is 0 Å². The van der Waals surface area contributed by atoms with E-state index in [1.54, 1.807) is 43.5 Å². The Kier molecular flexibility index (Phi) is 8.10. The van der Waals surface area contributed by atoms with E-state index in [0.29, 0.717) is 11.4 Å². The molecule has 0 aromatic heterocycles. The SMILES string of the molecule is COc1ccc(NC(=O)N[C@H]2C=C[C@H](CC(=O)NC3CCCCC3)O[C@@H]2CO)cc1. The third-order valence-electron chi connectivity index (χ3n) is 5.47. The molecule has 0 bridgehead atoms. The van der Waals surface area contributed by atoms with E-state index in [2.05, 4.69) is 16.0 Å². The van der Waals surface area contributed by atoms with Crippen LogP contribution in [0.4, 0.5) is 10.5 Å². The maximum Gasteiger partial charge on any atom is 0.319 e. The lowest BCUT2D eigenvalue weighted by atomic mass is 9.95. The first-order valence-corrected chi connectivity index (χ1v) is 10.5. The molecule has 8 nitrogen and oxygen atoms in total. The molecule has 164 valence electrons. The van der Waals surface area contributed by atoms with Crippen molar-refractivity contribution in [3.05, 3.63) is 36.4 Å². The molecule has 0 radical (unpaired) electrons. The van der Waals surface area contributed by atoms with Gasteiger partial charge in [0.15, 0.2) is 0 Å². The number of amides is 3. The van der Waals surface area contributed by atoms with E-state index < -0.39 is 24.3 Å². The van der Waals surface area contributed by atoms with Gasteiger partial charge in [-0.2, -0.15) is 0 Å². The van der Waals surface area contributed by atoms with Gasteiger partial charge in [0.25, 0.3) is 0 Å². The summed E-state index contributed by atoms with van der Waals surface area (Å²) in [7, 11) is 1.58. The Balaban J connectivity index is 1.48. The number of anilines is 1. The molecule has 8 heteroatoms. The lowest BCUT2D eigenvalue weighted by Crippen LogP contribution is -2.50. The van der Waals surface area contributed by atoms with Crippen LogP contribution in [-0.2, 0) is 9.53 Å². The topological polar surface area (TPSA) is 109 Å². The monoisotopic (exact) mass is 417 g/mol. The molecule has 1 aliphatic carbocycles. The molecule has 1 aliphatic heterocycles. The van der Waals surface area contributed by atoms with Gasteiger partial charge in [-0.25, -0.2) is 4.79 Å². The van der Waals surface area contributed by atoms with Crippen molar-refractivity contribution in [3.8, 4) is 5.75 Å². The molecule has 4 N–H and O–H groups in total. The smallest absolute Gasteiger partial charge is 0.319 e. The van der Waals surface area contributed by atoms with Crippen LogP contribution in [0.2, 0.25) is 0 Å². The molecule has 3 amide bonds. The van der Waals surface area contributed by atoms with Crippen LogP contribution in [0.1, 0.15) is 38.5 Å². The molecule has 30 heavy (non-hydrogen) atoms. The molecule has 1 heterocycles. The number of aliphatic hydroxyl groups excluding tert-OH is 1. The summed E-state index contributed by atoms with van der Waals surface area (Å²) < 4.78 is 10.9. The van der Waals surface area contributed by atoms with E-state index in [0.717, 1.165) is 25.7 Å². The van der Waals surface area contributed by atoms with Crippen LogP contribution >= 0.6 is 0 Å². The Bertz CT molecular complexity index is 731. The highest BCUT2D eigenvalue weighted by Crippen LogP contribution is 2.20. The predicted molar refractivity (Wildman–Crippen MR) is 113 cm³/mol. The molecular weight excluding hydrogens is 386 g/mol. The van der Waals surface area contributed by atoms with Crippen LogP contribution in [0, 0.1) is 0 Å². The summed E-state index contributed by atoms with van der Waals surface area (Å²) in [5, 5.41) is 18.3. The minimum Gasteiger partial charge on any atom is -0.497 e. The highest BCUT2D eigenvalue weighted by atomic mass is 16.5. The van der Waals surface area contributed by atoms with E-state index in [9.17, 15) is 14.7 Å². The molecular formula is C22H31N3O5. The fourth-order valence-corrected chi connectivity index (χ4v) is 3.85. The average molecular weight is 418 g/mol. The Hall–Kier alpha value is -2.58. The normalized spacial score (nSPS) is 24.1. The maximum atomic E-state index is 12.3. The van der Waals surface area contributed by atoms with Crippen molar-refractivity contribution in [2.45, 2.75) is 62.8 Å². The first-order valence-electron chi connectivity index (χ1n) is 10.5. The van der Waals surface area contributed by atoms with E-state index in [-0.39, 0.29) is 25.0 Å². The first-order chi connectivity index (χ1) is 14.6. The van der Waals surface area contributed by atoms with Crippen molar-refractivity contribution in [2.75, 3.05) is 19.0 Å². The van der Waals surface area contributed by atoms with E-state index in [1.165, 1.54) is 6.42 Å². The lowest BCUT2D eigenvalue weighted by Gasteiger charge is -2.32. The van der Waals surface area contributed by atoms with E-state index in [4.69, 9.17) is 9.47 Å². The second-order valence-electron chi connectivity index (χ2n) is 7.74. The Morgan fingerprint density at radius 3 is 2.50 bits per heavy atom. The summed E-state index contributed by atoms with van der Waals surface area (Å²) in [6, 6.07) is 6.31. The highest BCUT2D eigenvalue weighted by molar-refractivity contribution is 5.89. The predicted octanol–water partition coefficient (Wildman–Crippen LogP) is 2.34. The second-order valence-corrected chi connectivity index (χ2v) is 7.74. The van der Waals surface area contributed by atoms with Crippen LogP contribution in [0.25, 0.3) is 0 Å². The van der Waals surface area contributed by atoms with Gasteiger partial charge in [-0.1, -0.05) is 31.4 Å². The van der Waals surface area contributed by atoms with Crippen LogP contribution in [0.5, 0.6) is 5.75 Å². The number of rotatable bonds is 7. The Morgan fingerprint density at radius 2 is 1.83 bits per heavy atom. The lowest BCUT2D eigenvalue weighted by molar-refractivity contribution is -0.126. The third-order valence-corrected chi connectivity index (χ3v) is 5.47. The van der Waals surface area contributed by atoms with Crippen LogP contribution in [-0.4, -0.2) is 55.1 Å². The molecule has 1 saturated carbocycles. The molecule has 2 aliphatic rings. The van der Waals surface area contributed by atoms with Gasteiger partial charge in [-0.3, -0.25) is 4.79 Å². The number of hydrogen-bond acceptors (Lipinski definition) is 5. The number of nitrogens with one attached hydrogen (secondary N) is 3. The van der Waals surface area contributed by atoms with Gasteiger partial charge < -0.3 is 30.5 Å². The van der Waals surface area contributed by atoms with Crippen molar-refractivity contribution in [3.63, 3.8) is 0 Å². The standard InChI is InChI=1S/C22H31N3O5/c1-29-17-9-7-16(8-10-17)24-22(28)25-19-12-11-18(30-20(19)14-26)13-21(27)23-15-5-3-2-4-6-15/h7-12,15,18-20,26H,2-6,13-14H2,1H3,(H,23,27)(H2,24,25,28)/t18-,19+,20-/m1/s1. The molecule has 0 spiro atoms. The number of ether oxygens (including phenoxy) is 2. The van der Waals surface area contributed by atoms with Gasteiger partial charge in [-0.05, 0) is 37.1 Å². The van der Waals surface area contributed by atoms with Crippen molar-refractivity contribution >= 4 is 17.6 Å². The summed E-state index contributed by atoms with van der Waals surface area (Å²) in [4.78, 5) is 24.6. The minimum absolute atomic E-state index is 0.0445. The fourth-order valence-electron chi connectivity index (χ4n) is 3.85. The van der Waals surface area contributed by atoms with Crippen molar-refractivity contribution in [1.29, 1.82) is 0 Å². The van der Waals surface area contributed by atoms with Crippen molar-refractivity contribution in [1.82, 2.24) is 10.6 Å². The summed E-state index contributed by atoms with van der Waals surface area (Å²) in [5.74, 6) is 0.653. The number of methoxy groups -OCH3 is 1. The van der Waals surface area contributed by atoms with Gasteiger partial charge in [-0.15, -0.1) is 0 Å². The second kappa shape index (κ2) is 11.0. The van der Waals surface area contributed by atoms with Gasteiger partial charge >= 0.3 is 6.03 Å². The van der Waals surface area contributed by atoms with Crippen molar-refractivity contribution < 1.29 is 24.2 Å². The Morgan fingerprint density at radius 1 is 1.10 bits per heavy atom. The zero-order chi connectivity index (χ0) is 21.3. The van der Waals surface area contributed by atoms with Gasteiger partial charge in [0.1, 0.15) is 11.9 Å². The molecule has 3 rings (SSSR count). The van der Waals surface area contributed by atoms with Crippen LogP contribution in [0.3, 0.4) is 0 Å². The molecule has 3 atom stereocenters. The largest absolute Gasteiger partial charge is 0.497 e. The van der Waals surface area contributed by atoms with Crippen LogP contribution in [0.15, 0.2) is 36.4 Å². The summed E-state index contributed by atoms with van der Waals surface area (Å²) >= 11 is 0. The number of urea groups is 1. The highest BCUT2D eigenvalue weighted by Gasteiger charge is 2.29. The first kappa shape index (κ1) is 22.1. The number of carbonyl (C=O) groups is 2. The zero-order valence-corrected chi connectivity index (χ0v) is 17.3. The van der Waals surface area contributed by atoms with Crippen molar-refractivity contribution in [2.24, 2.45) is 0 Å².